The van der Waals surface area contributed by atoms with Crippen molar-refractivity contribution in [1.29, 1.82) is 0 Å². The Morgan fingerprint density at radius 3 is 2.45 bits per heavy atom. The number of nitrogens with zero attached hydrogens (tertiary/aromatic N) is 1. The first-order valence-electron chi connectivity index (χ1n) is 16.4. The number of carbonyl (C=O) groups excluding carboxylic acids is 4. The number of hydrogen-bond donors (Lipinski definition) is 1. The molecular formula is C38H41ClN2O10. The number of carbonyl (C=O) groups is 4. The Morgan fingerprint density at radius 1 is 1.00 bits per heavy atom. The quantitative estimate of drug-likeness (QED) is 0.152. The van der Waals surface area contributed by atoms with Crippen LogP contribution in [0.1, 0.15) is 67.5 Å². The summed E-state index contributed by atoms with van der Waals surface area (Å²) in [6, 6.07) is 15.4. The van der Waals surface area contributed by atoms with E-state index in [0.717, 1.165) is 0 Å². The van der Waals surface area contributed by atoms with Gasteiger partial charge in [0, 0.05) is 51.8 Å². The number of nitrogens with one attached hydrogen (secondary N) is 1. The van der Waals surface area contributed by atoms with Crippen LogP contribution < -0.4 is 19.7 Å². The molecule has 2 heterocycles. The van der Waals surface area contributed by atoms with Crippen LogP contribution in [0.4, 0.5) is 11.4 Å². The van der Waals surface area contributed by atoms with Gasteiger partial charge in [-0.25, -0.2) is 4.79 Å². The van der Waals surface area contributed by atoms with Gasteiger partial charge in [-0.3, -0.25) is 14.4 Å². The van der Waals surface area contributed by atoms with Crippen molar-refractivity contribution in [2.45, 2.75) is 53.2 Å². The molecule has 12 nitrogen and oxygen atoms in total. The van der Waals surface area contributed by atoms with Crippen LogP contribution >= 0.6 is 11.6 Å². The van der Waals surface area contributed by atoms with Gasteiger partial charge in [0.25, 0.3) is 5.91 Å². The number of aryl methyl sites for hydroxylation is 1. The molecular weight excluding hydrogens is 680 g/mol. The van der Waals surface area contributed by atoms with Gasteiger partial charge in [-0.15, -0.1) is 0 Å². The fourth-order valence-corrected chi connectivity index (χ4v) is 6.26. The number of benzene rings is 3. The van der Waals surface area contributed by atoms with Gasteiger partial charge in [0.15, 0.2) is 11.5 Å². The third kappa shape index (κ3) is 8.29. The molecule has 5 rings (SSSR count). The standard InChI is InChI=1S/C38H41ClN2O10/c1-8-48-37(45)31-16-23-15-25(14-21(2)33(23)51-31)40-32(43)18-30-36(44)41(19-38(4,5)20-49-22(3)42)28-13-12-24(39)17-27(28)34(50-30)26-10-9-11-29(46-6)35(26)47-7/h9-17,30,34H,8,18-20H2,1-7H3,(H,40,43)/t30-,34-/m1/s1. The van der Waals surface area contributed by atoms with Gasteiger partial charge in [-0.1, -0.05) is 37.6 Å². The van der Waals surface area contributed by atoms with E-state index in [0.29, 0.717) is 55.6 Å². The van der Waals surface area contributed by atoms with Crippen LogP contribution in [0, 0.1) is 12.3 Å². The number of fused-ring (bicyclic) bond motifs is 2. The summed E-state index contributed by atoms with van der Waals surface area (Å²) in [6.07, 6.45) is -2.56. The summed E-state index contributed by atoms with van der Waals surface area (Å²) in [5.41, 5.74) is 2.53. The van der Waals surface area contributed by atoms with Gasteiger partial charge < -0.3 is 38.3 Å². The SMILES string of the molecule is CCOC(=O)c1cc2cc(NC(=O)C[C@H]3O[C@H](c4cccc(OC)c4OC)c4cc(Cl)ccc4N(CC(C)(C)COC(C)=O)C3=O)cc(C)c2o1. The van der Waals surface area contributed by atoms with Crippen LogP contribution in [-0.4, -0.2) is 63.8 Å². The maximum atomic E-state index is 14.6. The number of halogens is 1. The average Bonchev–Trinajstić information content (AvgIpc) is 3.49. The molecule has 0 saturated heterocycles. The molecule has 0 saturated carbocycles. The molecule has 0 radical (unpaired) electrons. The highest BCUT2D eigenvalue weighted by Crippen LogP contribution is 2.45. The molecule has 1 N–H and O–H groups in total. The van der Waals surface area contributed by atoms with Crippen LogP contribution in [0.25, 0.3) is 11.0 Å². The van der Waals surface area contributed by atoms with Crippen LogP contribution in [0.2, 0.25) is 5.02 Å². The van der Waals surface area contributed by atoms with Crippen molar-refractivity contribution in [3.63, 3.8) is 0 Å². The van der Waals surface area contributed by atoms with Gasteiger partial charge in [0.2, 0.25) is 11.7 Å². The number of para-hydroxylation sites is 1. The minimum atomic E-state index is -1.28. The van der Waals surface area contributed by atoms with E-state index in [-0.39, 0.29) is 31.9 Å². The molecule has 1 aliphatic rings. The number of amides is 2. The lowest BCUT2D eigenvalue weighted by Gasteiger charge is -2.33. The van der Waals surface area contributed by atoms with E-state index in [1.165, 1.54) is 21.1 Å². The molecule has 0 unspecified atom stereocenters. The first kappa shape index (κ1) is 37.2. The first-order chi connectivity index (χ1) is 24.2. The Hall–Kier alpha value is -5.07. The molecule has 0 fully saturated rings. The summed E-state index contributed by atoms with van der Waals surface area (Å²) < 4.78 is 34.1. The van der Waals surface area contributed by atoms with Crippen molar-refractivity contribution in [3.8, 4) is 11.5 Å². The lowest BCUT2D eigenvalue weighted by Crippen LogP contribution is -2.46. The Kier molecular flexibility index (Phi) is 11.3. The predicted molar refractivity (Wildman–Crippen MR) is 191 cm³/mol. The number of methoxy groups -OCH3 is 2. The Morgan fingerprint density at radius 2 is 1.76 bits per heavy atom. The molecule has 4 aromatic rings. The van der Waals surface area contributed by atoms with Crippen LogP contribution in [0.15, 0.2) is 59.0 Å². The highest BCUT2D eigenvalue weighted by molar-refractivity contribution is 6.30. The van der Waals surface area contributed by atoms with Gasteiger partial charge in [0.1, 0.15) is 17.8 Å². The van der Waals surface area contributed by atoms with Crippen molar-refractivity contribution in [2.24, 2.45) is 5.41 Å². The highest BCUT2D eigenvalue weighted by atomic mass is 35.5. The Balaban J connectivity index is 1.54. The third-order valence-corrected chi connectivity index (χ3v) is 8.54. The fourth-order valence-electron chi connectivity index (χ4n) is 6.08. The minimum absolute atomic E-state index is 0.0436. The lowest BCUT2D eigenvalue weighted by atomic mass is 9.92. The molecule has 51 heavy (non-hydrogen) atoms. The summed E-state index contributed by atoms with van der Waals surface area (Å²) in [4.78, 5) is 53.9. The zero-order valence-electron chi connectivity index (χ0n) is 29.6. The van der Waals surface area contributed by atoms with Gasteiger partial charge in [0.05, 0.1) is 33.9 Å². The number of furan rings is 1. The van der Waals surface area contributed by atoms with Crippen molar-refractivity contribution < 1.29 is 47.3 Å². The minimum Gasteiger partial charge on any atom is -0.493 e. The maximum Gasteiger partial charge on any atom is 0.374 e. The average molecular weight is 721 g/mol. The summed E-state index contributed by atoms with van der Waals surface area (Å²) in [6.45, 7) is 8.92. The van der Waals surface area contributed by atoms with Crippen LogP contribution in [-0.2, 0) is 28.6 Å². The summed E-state index contributed by atoms with van der Waals surface area (Å²) >= 11 is 6.55. The van der Waals surface area contributed by atoms with E-state index in [1.54, 1.807) is 73.3 Å². The number of anilines is 2. The highest BCUT2D eigenvalue weighted by Gasteiger charge is 2.41. The van der Waals surface area contributed by atoms with Crippen LogP contribution in [0.3, 0.4) is 0 Å². The summed E-state index contributed by atoms with van der Waals surface area (Å²) in [5, 5.41) is 3.87. The smallest absolute Gasteiger partial charge is 0.374 e. The largest absolute Gasteiger partial charge is 0.493 e. The predicted octanol–water partition coefficient (Wildman–Crippen LogP) is 7.03. The second-order valence-corrected chi connectivity index (χ2v) is 13.4. The van der Waals surface area contributed by atoms with Crippen molar-refractivity contribution >= 4 is 57.7 Å². The van der Waals surface area contributed by atoms with E-state index in [9.17, 15) is 19.2 Å². The van der Waals surface area contributed by atoms with E-state index in [4.69, 9.17) is 39.7 Å². The van der Waals surface area contributed by atoms with Crippen LogP contribution in [0.5, 0.6) is 11.5 Å². The van der Waals surface area contributed by atoms with Crippen molar-refractivity contribution in [3.05, 3.63) is 82.1 Å². The van der Waals surface area contributed by atoms with Gasteiger partial charge in [-0.05, 0) is 61.9 Å². The van der Waals surface area contributed by atoms with E-state index in [2.05, 4.69) is 5.32 Å². The second-order valence-electron chi connectivity index (χ2n) is 13.0. The third-order valence-electron chi connectivity index (χ3n) is 8.31. The van der Waals surface area contributed by atoms with Gasteiger partial charge >= 0.3 is 11.9 Å². The van der Waals surface area contributed by atoms with E-state index >= 15 is 0 Å². The molecule has 2 amide bonds. The number of esters is 2. The molecule has 1 aromatic heterocycles. The lowest BCUT2D eigenvalue weighted by molar-refractivity contribution is -0.144. The number of ether oxygens (including phenoxy) is 5. The van der Waals surface area contributed by atoms with E-state index in [1.807, 2.05) is 13.8 Å². The molecule has 270 valence electrons. The Bertz CT molecular complexity index is 1970. The zero-order chi connectivity index (χ0) is 37.0. The summed E-state index contributed by atoms with van der Waals surface area (Å²) in [5.74, 6) is -1.13. The first-order valence-corrected chi connectivity index (χ1v) is 16.7. The molecule has 13 heteroatoms. The normalized spacial score (nSPS) is 15.9. The number of hydrogen-bond acceptors (Lipinski definition) is 10. The molecule has 2 atom stereocenters. The number of rotatable bonds is 12. The molecule has 0 bridgehead atoms. The maximum absolute atomic E-state index is 14.6. The second kappa shape index (κ2) is 15.4. The van der Waals surface area contributed by atoms with E-state index < -0.39 is 41.4 Å². The molecule has 3 aromatic carbocycles. The van der Waals surface area contributed by atoms with Gasteiger partial charge in [-0.2, -0.15) is 0 Å². The zero-order valence-corrected chi connectivity index (χ0v) is 30.3. The van der Waals surface area contributed by atoms with Crippen molar-refractivity contribution in [1.82, 2.24) is 0 Å². The molecule has 1 aliphatic heterocycles. The summed E-state index contributed by atoms with van der Waals surface area (Å²) in [7, 11) is 3.02. The fraction of sp³-hybridized carbons (Fsp3) is 0.368. The topological polar surface area (TPSA) is 143 Å². The molecule has 0 spiro atoms. The molecule has 0 aliphatic carbocycles. The Labute approximate surface area is 300 Å². The monoisotopic (exact) mass is 720 g/mol. The van der Waals surface area contributed by atoms with Crippen molar-refractivity contribution in [2.75, 3.05) is 44.2 Å².